The molecule has 4 N–H and O–H groups in total. The quantitative estimate of drug-likeness (QED) is 0.379. The SMILES string of the molecule is C.CCc1cc2cc[nH]c2cc1F.NCc1cc2cc[nH]c2cc1F.[2H]CC. The second-order valence-electron chi connectivity index (χ2n) is 5.57. The Morgan fingerprint density at radius 3 is 1.81 bits per heavy atom. The molecule has 0 unspecified atom stereocenters. The Bertz CT molecular complexity index is 912. The van der Waals surface area contributed by atoms with Gasteiger partial charge in [0.15, 0.2) is 0 Å². The number of fused-ring (bicyclic) bond motifs is 2. The van der Waals surface area contributed by atoms with Crippen LogP contribution in [-0.4, -0.2) is 9.97 Å². The van der Waals surface area contributed by atoms with Gasteiger partial charge in [0.1, 0.15) is 11.6 Å². The number of aryl methyl sites for hydroxylation is 1. The van der Waals surface area contributed by atoms with Crippen LogP contribution < -0.4 is 5.73 Å². The molecule has 0 aliphatic heterocycles. The zero-order valence-electron chi connectivity index (χ0n) is 16.1. The Labute approximate surface area is 161 Å². The van der Waals surface area contributed by atoms with Crippen LogP contribution in [0.2, 0.25) is 0 Å². The van der Waals surface area contributed by atoms with Gasteiger partial charge in [-0.1, -0.05) is 28.2 Å². The molecule has 5 heteroatoms. The number of halogens is 2. The van der Waals surface area contributed by atoms with E-state index in [0.717, 1.165) is 33.8 Å². The van der Waals surface area contributed by atoms with Crippen molar-refractivity contribution >= 4 is 21.8 Å². The average molecular weight is 374 g/mol. The van der Waals surface area contributed by atoms with Crippen molar-refractivity contribution < 1.29 is 10.2 Å². The molecule has 0 aliphatic rings. The summed E-state index contributed by atoms with van der Waals surface area (Å²) in [7, 11) is 0. The summed E-state index contributed by atoms with van der Waals surface area (Å²) < 4.78 is 32.5. The van der Waals surface area contributed by atoms with Gasteiger partial charge >= 0.3 is 0 Å². The van der Waals surface area contributed by atoms with Gasteiger partial charge < -0.3 is 15.7 Å². The predicted molar refractivity (Wildman–Crippen MR) is 112 cm³/mol. The molecule has 0 amide bonds. The molecule has 0 bridgehead atoms. The maximum atomic E-state index is 13.2. The van der Waals surface area contributed by atoms with E-state index < -0.39 is 0 Å². The number of H-pyrrole nitrogens is 2. The van der Waals surface area contributed by atoms with E-state index in [9.17, 15) is 8.78 Å². The van der Waals surface area contributed by atoms with Crippen LogP contribution in [0.5, 0.6) is 0 Å². The maximum Gasteiger partial charge on any atom is 0.129 e. The summed E-state index contributed by atoms with van der Waals surface area (Å²) in [5.74, 6) is -0.361. The summed E-state index contributed by atoms with van der Waals surface area (Å²) in [5.41, 5.74) is 8.37. The van der Waals surface area contributed by atoms with Crippen LogP contribution >= 0.6 is 0 Å². The Balaban J connectivity index is 0.000000239. The second kappa shape index (κ2) is 10.5. The molecule has 27 heavy (non-hydrogen) atoms. The summed E-state index contributed by atoms with van der Waals surface area (Å²) in [5, 5.41) is 2.07. The van der Waals surface area contributed by atoms with Crippen molar-refractivity contribution in [1.82, 2.24) is 9.97 Å². The van der Waals surface area contributed by atoms with Gasteiger partial charge in [0.25, 0.3) is 0 Å². The van der Waals surface area contributed by atoms with Crippen molar-refractivity contribution in [1.29, 1.82) is 0 Å². The third kappa shape index (κ3) is 5.17. The lowest BCUT2D eigenvalue weighted by molar-refractivity contribution is 0.612. The van der Waals surface area contributed by atoms with Crippen molar-refractivity contribution in [3.8, 4) is 0 Å². The van der Waals surface area contributed by atoms with E-state index in [1.165, 1.54) is 6.07 Å². The van der Waals surface area contributed by atoms with E-state index >= 15 is 0 Å². The fourth-order valence-corrected chi connectivity index (χ4v) is 2.67. The smallest absolute Gasteiger partial charge is 0.129 e. The summed E-state index contributed by atoms with van der Waals surface area (Å²) in [6, 6.07) is 10.5. The Morgan fingerprint density at radius 2 is 1.37 bits per heavy atom. The molecular formula is C22H29F2N3. The van der Waals surface area contributed by atoms with E-state index in [4.69, 9.17) is 7.10 Å². The largest absolute Gasteiger partial charge is 0.361 e. The first kappa shape index (κ1) is 20.6. The molecule has 146 valence electrons. The van der Waals surface area contributed by atoms with Gasteiger partial charge in [-0.05, 0) is 59.2 Å². The molecule has 0 fully saturated rings. The average Bonchev–Trinajstić information content (AvgIpc) is 3.29. The molecule has 3 nitrogen and oxygen atoms in total. The molecule has 0 saturated heterocycles. The van der Waals surface area contributed by atoms with Crippen LogP contribution in [0.4, 0.5) is 8.78 Å². The van der Waals surface area contributed by atoms with Crippen molar-refractivity contribution in [3.05, 3.63) is 71.6 Å². The number of benzene rings is 2. The number of nitrogens with one attached hydrogen (secondary N) is 2. The van der Waals surface area contributed by atoms with E-state index in [-0.39, 0.29) is 25.6 Å². The number of aromatic amines is 2. The van der Waals surface area contributed by atoms with Crippen LogP contribution in [0, 0.1) is 11.6 Å². The normalized spacial score (nSPS) is 10.3. The van der Waals surface area contributed by atoms with E-state index in [0.29, 0.717) is 12.5 Å². The Morgan fingerprint density at radius 1 is 0.926 bits per heavy atom. The molecule has 0 radical (unpaired) electrons. The highest BCUT2D eigenvalue weighted by molar-refractivity contribution is 5.80. The zero-order chi connectivity index (χ0) is 19.8. The fraction of sp³-hybridized carbons (Fsp3) is 0.273. The highest BCUT2D eigenvalue weighted by Gasteiger charge is 2.03. The molecular weight excluding hydrogens is 344 g/mol. The summed E-state index contributed by atoms with van der Waals surface area (Å²) in [4.78, 5) is 5.90. The van der Waals surface area contributed by atoms with Gasteiger partial charge in [-0.25, -0.2) is 8.78 Å². The molecule has 2 aromatic heterocycles. The van der Waals surface area contributed by atoms with Crippen molar-refractivity contribution in [2.75, 3.05) is 0 Å². The van der Waals surface area contributed by atoms with Gasteiger partial charge in [0.05, 0.1) is 0 Å². The highest BCUT2D eigenvalue weighted by Crippen LogP contribution is 2.18. The molecule has 0 spiro atoms. The standard InChI is InChI=1S/C10H10FN.C9H9FN2.C2H6.CH4/c1-2-7-5-8-3-4-12-10(8)6-9(7)11;10-8-4-9-6(1-2-12-9)3-7(8)5-11;1-2;/h3-6,12H,2H2,1H3;1-4,12H,5,11H2;1-2H3;1H4/i;;1D;. The van der Waals surface area contributed by atoms with Crippen LogP contribution in [0.3, 0.4) is 0 Å². The highest BCUT2D eigenvalue weighted by atomic mass is 19.1. The van der Waals surface area contributed by atoms with Crippen LogP contribution in [-0.2, 0) is 13.0 Å². The summed E-state index contributed by atoms with van der Waals surface area (Å²) in [6.45, 7) is 4.49. The zero-order valence-corrected chi connectivity index (χ0v) is 15.1. The first-order valence-corrected chi connectivity index (χ1v) is 8.54. The van der Waals surface area contributed by atoms with Crippen molar-refractivity contribution in [2.45, 2.75) is 41.1 Å². The lowest BCUT2D eigenvalue weighted by atomic mass is 10.1. The van der Waals surface area contributed by atoms with Crippen LogP contribution in [0.1, 0.15) is 40.7 Å². The number of hydrogen-bond donors (Lipinski definition) is 3. The predicted octanol–water partition coefficient (Wildman–Crippen LogP) is 6.30. The molecule has 0 atom stereocenters. The van der Waals surface area contributed by atoms with Crippen molar-refractivity contribution in [3.63, 3.8) is 0 Å². The van der Waals surface area contributed by atoms with Gasteiger partial charge in [0.2, 0.25) is 0 Å². The Hall–Kier alpha value is -2.66. The van der Waals surface area contributed by atoms with Gasteiger partial charge in [0, 0.05) is 36.9 Å². The molecule has 0 aliphatic carbocycles. The first-order valence-electron chi connectivity index (χ1n) is 9.25. The lowest BCUT2D eigenvalue weighted by Crippen LogP contribution is -1.99. The molecule has 2 aromatic carbocycles. The minimum atomic E-state index is -0.243. The van der Waals surface area contributed by atoms with Gasteiger partial charge in [-0.15, -0.1) is 0 Å². The van der Waals surface area contributed by atoms with E-state index in [1.807, 2.05) is 31.3 Å². The van der Waals surface area contributed by atoms with E-state index in [2.05, 4.69) is 9.97 Å². The molecule has 2 heterocycles. The Kier molecular flexibility index (Phi) is 8.01. The number of hydrogen-bond acceptors (Lipinski definition) is 1. The van der Waals surface area contributed by atoms with Crippen LogP contribution in [0.15, 0.2) is 48.8 Å². The monoisotopic (exact) mass is 374 g/mol. The molecule has 0 saturated carbocycles. The van der Waals surface area contributed by atoms with Crippen LogP contribution in [0.25, 0.3) is 21.8 Å². The van der Waals surface area contributed by atoms with E-state index in [1.54, 1.807) is 25.3 Å². The summed E-state index contributed by atoms with van der Waals surface area (Å²) in [6.07, 6.45) is 4.35. The third-order valence-electron chi connectivity index (χ3n) is 4.04. The molecule has 4 aromatic rings. The maximum absolute atomic E-state index is 13.2. The van der Waals surface area contributed by atoms with Gasteiger partial charge in [-0.2, -0.15) is 0 Å². The summed E-state index contributed by atoms with van der Waals surface area (Å²) >= 11 is 0. The van der Waals surface area contributed by atoms with Crippen molar-refractivity contribution in [2.24, 2.45) is 5.73 Å². The van der Waals surface area contributed by atoms with Gasteiger partial charge in [-0.3, -0.25) is 0 Å². The molecule has 4 rings (SSSR count). The number of nitrogens with two attached hydrogens (primary N) is 1. The number of rotatable bonds is 2. The minimum absolute atomic E-state index is 0. The lowest BCUT2D eigenvalue weighted by Gasteiger charge is -1.98. The second-order valence-corrected chi connectivity index (χ2v) is 5.57. The first-order chi connectivity index (χ1) is 13.0. The number of aromatic nitrogens is 2. The fourth-order valence-electron chi connectivity index (χ4n) is 2.67. The topological polar surface area (TPSA) is 57.6 Å². The third-order valence-corrected chi connectivity index (χ3v) is 4.04. The minimum Gasteiger partial charge on any atom is -0.361 e.